The summed E-state index contributed by atoms with van der Waals surface area (Å²) in [5.74, 6) is 0.289. The first-order chi connectivity index (χ1) is 11.7. The van der Waals surface area contributed by atoms with E-state index in [0.29, 0.717) is 12.0 Å². The molecule has 0 bridgehead atoms. The Kier molecular flexibility index (Phi) is 2.76. The number of allylic oxidation sites excluding steroid dienone is 4. The summed E-state index contributed by atoms with van der Waals surface area (Å²) >= 11 is 0. The van der Waals surface area contributed by atoms with Crippen molar-refractivity contribution in [1.82, 2.24) is 0 Å². The van der Waals surface area contributed by atoms with Crippen LogP contribution in [0.15, 0.2) is 35.5 Å². The van der Waals surface area contributed by atoms with Gasteiger partial charge in [0.15, 0.2) is 11.6 Å². The zero-order chi connectivity index (χ0) is 17.8. The van der Waals surface area contributed by atoms with Crippen LogP contribution in [0, 0.1) is 22.7 Å². The Hall–Kier alpha value is -1.55. The molecule has 2 saturated carbocycles. The lowest BCUT2D eigenvalue weighted by Gasteiger charge is -2.54. The van der Waals surface area contributed by atoms with Crippen LogP contribution >= 0.6 is 0 Å². The molecule has 132 valence electrons. The first-order valence-electron chi connectivity index (χ1n) is 9.23. The Balaban J connectivity index is 1.62. The molecule has 3 nitrogen and oxygen atoms in total. The zero-order valence-corrected chi connectivity index (χ0v) is 14.8. The molecule has 0 aromatic heterocycles. The van der Waals surface area contributed by atoms with Crippen LogP contribution in [0.4, 0.5) is 4.39 Å². The fourth-order valence-electron chi connectivity index (χ4n) is 6.76. The second kappa shape index (κ2) is 4.40. The maximum Gasteiger partial charge on any atom is 0.178 e. The number of hydrogen-bond donors (Lipinski definition) is 0. The summed E-state index contributed by atoms with van der Waals surface area (Å²) in [5.41, 5.74) is 0.294. The molecule has 0 aromatic rings. The minimum Gasteiger partial charge on any atom is -0.364 e. The van der Waals surface area contributed by atoms with Gasteiger partial charge >= 0.3 is 0 Å². The Morgan fingerprint density at radius 3 is 2.80 bits per heavy atom. The van der Waals surface area contributed by atoms with Gasteiger partial charge in [0.2, 0.25) is 0 Å². The Bertz CT molecular complexity index is 808. The van der Waals surface area contributed by atoms with Gasteiger partial charge in [0.25, 0.3) is 0 Å². The van der Waals surface area contributed by atoms with Gasteiger partial charge < -0.3 is 4.74 Å². The monoisotopic (exact) mass is 342 g/mol. The molecule has 7 atom stereocenters. The maximum absolute atomic E-state index is 15.1. The highest BCUT2D eigenvalue weighted by Crippen LogP contribution is 2.74. The van der Waals surface area contributed by atoms with Crippen molar-refractivity contribution in [2.45, 2.75) is 57.9 Å². The average Bonchev–Trinajstić information content (AvgIpc) is 3.15. The molecule has 1 spiro atoms. The van der Waals surface area contributed by atoms with Gasteiger partial charge in [-0.05, 0) is 68.2 Å². The van der Waals surface area contributed by atoms with E-state index in [-0.39, 0.29) is 34.9 Å². The van der Waals surface area contributed by atoms with Crippen molar-refractivity contribution in [3.63, 3.8) is 0 Å². The lowest BCUT2D eigenvalue weighted by molar-refractivity contribution is -0.115. The highest BCUT2D eigenvalue weighted by molar-refractivity contribution is 6.01. The molecular formula is C21H23FO3. The van der Waals surface area contributed by atoms with Gasteiger partial charge in [-0.3, -0.25) is 9.59 Å². The summed E-state index contributed by atoms with van der Waals surface area (Å²) in [6, 6.07) is 0. The van der Waals surface area contributed by atoms with Crippen LogP contribution in [0.5, 0.6) is 0 Å². The van der Waals surface area contributed by atoms with Crippen LogP contribution in [0.3, 0.4) is 0 Å². The standard InChI is InChI=1S/C21H23FO3/c1-11(23)13-4-5-14-15-9-17(22)16-8-12(24)6-7-20(16,3)21(15)18(25-21)10-19(13,14)2/h4,6-8,14-15,17-18H,5,9-10H2,1-3H3/t14-,15?,17-,18+,19-,20+,21-/m1/s1. The Labute approximate surface area is 147 Å². The molecule has 0 amide bonds. The molecule has 0 N–H and O–H groups in total. The number of epoxide rings is 1. The third kappa shape index (κ3) is 1.61. The summed E-state index contributed by atoms with van der Waals surface area (Å²) in [6.45, 7) is 5.81. The van der Waals surface area contributed by atoms with Gasteiger partial charge in [-0.1, -0.05) is 19.1 Å². The van der Waals surface area contributed by atoms with Crippen molar-refractivity contribution < 1.29 is 18.7 Å². The van der Waals surface area contributed by atoms with Crippen molar-refractivity contribution in [3.8, 4) is 0 Å². The molecule has 1 aliphatic heterocycles. The second-order valence-electron chi connectivity index (χ2n) is 8.88. The van der Waals surface area contributed by atoms with Gasteiger partial charge in [-0.15, -0.1) is 0 Å². The predicted molar refractivity (Wildman–Crippen MR) is 90.5 cm³/mol. The molecule has 1 unspecified atom stereocenters. The third-order valence-corrected chi connectivity index (χ3v) is 7.88. The number of ketones is 2. The average molecular weight is 342 g/mol. The molecule has 0 aromatic carbocycles. The van der Waals surface area contributed by atoms with Gasteiger partial charge in [-0.2, -0.15) is 0 Å². The lowest BCUT2D eigenvalue weighted by Crippen LogP contribution is -2.58. The number of ether oxygens (including phenoxy) is 1. The first kappa shape index (κ1) is 15.7. The van der Waals surface area contributed by atoms with E-state index in [9.17, 15) is 9.59 Å². The van der Waals surface area contributed by atoms with Crippen LogP contribution in [0.25, 0.3) is 0 Å². The van der Waals surface area contributed by atoms with Gasteiger partial charge in [-0.25, -0.2) is 4.39 Å². The van der Waals surface area contributed by atoms with E-state index >= 15 is 4.39 Å². The molecule has 5 rings (SSSR count). The van der Waals surface area contributed by atoms with E-state index < -0.39 is 17.2 Å². The first-order valence-corrected chi connectivity index (χ1v) is 9.23. The number of carbonyl (C=O) groups is 2. The predicted octanol–water partition coefficient (Wildman–Crippen LogP) is 3.50. The van der Waals surface area contributed by atoms with Crippen LogP contribution in [-0.2, 0) is 14.3 Å². The summed E-state index contributed by atoms with van der Waals surface area (Å²) in [6.07, 6.45) is 7.91. The summed E-state index contributed by atoms with van der Waals surface area (Å²) in [5, 5.41) is 0. The lowest BCUT2D eigenvalue weighted by atomic mass is 9.47. The number of Topliss-reactive ketones (excluding diaryl/α,β-unsaturated/α-hetero) is 1. The quantitative estimate of drug-likeness (QED) is 0.685. The summed E-state index contributed by atoms with van der Waals surface area (Å²) < 4.78 is 21.5. The topological polar surface area (TPSA) is 46.7 Å². The zero-order valence-electron chi connectivity index (χ0n) is 14.8. The van der Waals surface area contributed by atoms with E-state index in [1.807, 2.05) is 13.0 Å². The molecule has 0 radical (unpaired) electrons. The van der Waals surface area contributed by atoms with Crippen molar-refractivity contribution in [3.05, 3.63) is 35.5 Å². The fraction of sp³-hybridized carbons (Fsp3) is 0.619. The Morgan fingerprint density at radius 1 is 1.32 bits per heavy atom. The van der Waals surface area contributed by atoms with Gasteiger partial charge in [0.05, 0.1) is 6.10 Å². The molecule has 25 heavy (non-hydrogen) atoms. The number of rotatable bonds is 1. The summed E-state index contributed by atoms with van der Waals surface area (Å²) in [4.78, 5) is 24.0. The van der Waals surface area contributed by atoms with Crippen molar-refractivity contribution >= 4 is 11.6 Å². The van der Waals surface area contributed by atoms with Gasteiger partial charge in [0.1, 0.15) is 11.8 Å². The Morgan fingerprint density at radius 2 is 2.08 bits per heavy atom. The number of alkyl halides is 1. The number of hydrogen-bond acceptors (Lipinski definition) is 3. The summed E-state index contributed by atoms with van der Waals surface area (Å²) in [7, 11) is 0. The maximum atomic E-state index is 15.1. The minimum atomic E-state index is -1.12. The van der Waals surface area contributed by atoms with Crippen LogP contribution in [-0.4, -0.2) is 29.4 Å². The largest absolute Gasteiger partial charge is 0.364 e. The van der Waals surface area contributed by atoms with E-state index in [0.717, 1.165) is 18.4 Å². The number of fused-ring (bicyclic) bond motifs is 3. The SMILES string of the molecule is CC(=O)C1=CC[C@@H]2C3C[C@@H](F)C4=CC(=O)C=C[C@]4(C)[C@@]34O[C@H]4C[C@]12C. The van der Waals surface area contributed by atoms with E-state index in [4.69, 9.17) is 4.74 Å². The van der Waals surface area contributed by atoms with Gasteiger partial charge in [0, 0.05) is 10.8 Å². The molecular weight excluding hydrogens is 319 g/mol. The van der Waals surface area contributed by atoms with Crippen LogP contribution in [0.1, 0.15) is 40.0 Å². The fourth-order valence-corrected chi connectivity index (χ4v) is 6.76. The van der Waals surface area contributed by atoms with Crippen molar-refractivity contribution in [1.29, 1.82) is 0 Å². The van der Waals surface area contributed by atoms with Crippen molar-refractivity contribution in [2.75, 3.05) is 0 Å². The molecule has 5 aliphatic rings. The molecule has 4 heteroatoms. The van der Waals surface area contributed by atoms with Crippen LogP contribution in [0.2, 0.25) is 0 Å². The minimum absolute atomic E-state index is 0.0263. The number of halogens is 1. The van der Waals surface area contributed by atoms with E-state index in [2.05, 4.69) is 13.0 Å². The second-order valence-corrected chi connectivity index (χ2v) is 8.88. The normalized spacial score (nSPS) is 52.4. The highest BCUT2D eigenvalue weighted by atomic mass is 19.1. The highest BCUT2D eigenvalue weighted by Gasteiger charge is 2.79. The molecule has 4 aliphatic carbocycles. The molecule has 3 fully saturated rings. The third-order valence-electron chi connectivity index (χ3n) is 7.88. The van der Waals surface area contributed by atoms with Crippen molar-refractivity contribution in [2.24, 2.45) is 22.7 Å². The van der Waals surface area contributed by atoms with Crippen LogP contribution < -0.4 is 0 Å². The van der Waals surface area contributed by atoms with E-state index in [1.165, 1.54) is 6.08 Å². The smallest absolute Gasteiger partial charge is 0.178 e. The van der Waals surface area contributed by atoms with E-state index in [1.54, 1.807) is 13.0 Å². The molecule has 1 saturated heterocycles. The number of carbonyl (C=O) groups excluding carboxylic acids is 2. The molecule has 1 heterocycles.